The van der Waals surface area contributed by atoms with Crippen molar-refractivity contribution < 1.29 is 4.74 Å². The third-order valence-corrected chi connectivity index (χ3v) is 3.42. The van der Waals surface area contributed by atoms with Crippen molar-refractivity contribution in [3.8, 4) is 5.88 Å². The normalized spacial score (nSPS) is 18.7. The number of methoxy groups -OCH3 is 1. The summed E-state index contributed by atoms with van der Waals surface area (Å²) in [5, 5.41) is 3.39. The summed E-state index contributed by atoms with van der Waals surface area (Å²) in [6.45, 7) is 0.619. The predicted molar refractivity (Wildman–Crippen MR) is 67.1 cm³/mol. The molecule has 1 aromatic rings. The molecule has 0 aliphatic heterocycles. The first-order valence-corrected chi connectivity index (χ1v) is 6.13. The number of nitrogens with one attached hydrogen (secondary N) is 1. The summed E-state index contributed by atoms with van der Waals surface area (Å²) in [5.41, 5.74) is 5.87. The average molecular weight is 236 g/mol. The number of nitrogens with zero attached hydrogens (tertiary/aromatic N) is 2. The van der Waals surface area contributed by atoms with Crippen LogP contribution in [0.1, 0.15) is 32.1 Å². The van der Waals surface area contributed by atoms with E-state index in [4.69, 9.17) is 10.5 Å². The van der Waals surface area contributed by atoms with Crippen molar-refractivity contribution in [3.05, 3.63) is 12.3 Å². The van der Waals surface area contributed by atoms with Crippen LogP contribution in [0.15, 0.2) is 12.3 Å². The third-order valence-electron chi connectivity index (χ3n) is 3.42. The van der Waals surface area contributed by atoms with E-state index in [0.29, 0.717) is 18.4 Å². The average Bonchev–Trinajstić information content (AvgIpc) is 2.40. The van der Waals surface area contributed by atoms with Crippen LogP contribution in [0.4, 0.5) is 5.95 Å². The van der Waals surface area contributed by atoms with Gasteiger partial charge < -0.3 is 15.8 Å². The molecule has 17 heavy (non-hydrogen) atoms. The summed E-state index contributed by atoms with van der Waals surface area (Å²) in [6.07, 6.45) is 7.60. The highest BCUT2D eigenvalue weighted by molar-refractivity contribution is 5.32. The lowest BCUT2D eigenvalue weighted by Gasteiger charge is -2.37. The van der Waals surface area contributed by atoms with Crippen molar-refractivity contribution in [1.82, 2.24) is 9.97 Å². The summed E-state index contributed by atoms with van der Waals surface area (Å²) < 4.78 is 5.09. The van der Waals surface area contributed by atoms with Gasteiger partial charge in [-0.2, -0.15) is 4.98 Å². The summed E-state index contributed by atoms with van der Waals surface area (Å²) in [7, 11) is 1.60. The lowest BCUT2D eigenvalue weighted by atomic mass is 9.82. The van der Waals surface area contributed by atoms with Crippen LogP contribution < -0.4 is 15.8 Å². The Kier molecular flexibility index (Phi) is 3.78. The van der Waals surface area contributed by atoms with Gasteiger partial charge in [0.1, 0.15) is 0 Å². The number of rotatable bonds is 4. The van der Waals surface area contributed by atoms with E-state index in [0.717, 1.165) is 12.8 Å². The Balaban J connectivity index is 2.11. The van der Waals surface area contributed by atoms with Gasteiger partial charge in [0.2, 0.25) is 11.8 Å². The van der Waals surface area contributed by atoms with Gasteiger partial charge in [-0.1, -0.05) is 19.3 Å². The van der Waals surface area contributed by atoms with E-state index in [-0.39, 0.29) is 5.54 Å². The van der Waals surface area contributed by atoms with E-state index in [1.807, 2.05) is 0 Å². The highest BCUT2D eigenvalue weighted by Crippen LogP contribution is 2.30. The van der Waals surface area contributed by atoms with E-state index in [9.17, 15) is 0 Å². The maximum absolute atomic E-state index is 5.91. The van der Waals surface area contributed by atoms with Gasteiger partial charge in [-0.15, -0.1) is 0 Å². The Morgan fingerprint density at radius 2 is 2.18 bits per heavy atom. The van der Waals surface area contributed by atoms with Crippen LogP contribution in [0.3, 0.4) is 0 Å². The SMILES string of the molecule is COc1ccnc(NC2(CN)CCCCC2)n1. The molecular weight excluding hydrogens is 216 g/mol. The molecular formula is C12H20N4O. The van der Waals surface area contributed by atoms with E-state index < -0.39 is 0 Å². The first-order valence-electron chi connectivity index (χ1n) is 6.13. The Morgan fingerprint density at radius 1 is 1.41 bits per heavy atom. The molecule has 0 spiro atoms. The minimum Gasteiger partial charge on any atom is -0.481 e. The number of hydrogen-bond acceptors (Lipinski definition) is 5. The molecule has 1 aliphatic carbocycles. The number of aromatic nitrogens is 2. The van der Waals surface area contributed by atoms with Crippen LogP contribution in [0.2, 0.25) is 0 Å². The molecule has 0 unspecified atom stereocenters. The number of ether oxygens (including phenoxy) is 1. The number of nitrogens with two attached hydrogens (primary N) is 1. The molecule has 3 N–H and O–H groups in total. The second-order valence-electron chi connectivity index (χ2n) is 4.59. The molecule has 0 atom stereocenters. The van der Waals surface area contributed by atoms with Crippen molar-refractivity contribution >= 4 is 5.95 Å². The van der Waals surface area contributed by atoms with Crippen LogP contribution in [0.25, 0.3) is 0 Å². The lowest BCUT2D eigenvalue weighted by molar-refractivity contribution is 0.328. The molecule has 2 rings (SSSR count). The molecule has 0 bridgehead atoms. The maximum atomic E-state index is 5.91. The molecule has 1 aliphatic rings. The molecule has 5 heteroatoms. The van der Waals surface area contributed by atoms with E-state index in [2.05, 4.69) is 15.3 Å². The van der Waals surface area contributed by atoms with Crippen molar-refractivity contribution in [2.24, 2.45) is 5.73 Å². The molecule has 0 aromatic carbocycles. The topological polar surface area (TPSA) is 73.1 Å². The zero-order valence-electron chi connectivity index (χ0n) is 10.3. The molecule has 1 aromatic heterocycles. The molecule has 0 amide bonds. The van der Waals surface area contributed by atoms with Crippen molar-refractivity contribution in [2.45, 2.75) is 37.6 Å². The van der Waals surface area contributed by atoms with Crippen molar-refractivity contribution in [2.75, 3.05) is 19.0 Å². The van der Waals surface area contributed by atoms with Gasteiger partial charge in [0.05, 0.1) is 12.6 Å². The van der Waals surface area contributed by atoms with Gasteiger partial charge in [-0.25, -0.2) is 4.98 Å². The number of anilines is 1. The molecule has 1 fully saturated rings. The van der Waals surface area contributed by atoms with Crippen LogP contribution in [-0.2, 0) is 0 Å². The van der Waals surface area contributed by atoms with E-state index >= 15 is 0 Å². The summed E-state index contributed by atoms with van der Waals surface area (Å²) in [5.74, 6) is 1.18. The van der Waals surface area contributed by atoms with Gasteiger partial charge in [-0.05, 0) is 12.8 Å². The third kappa shape index (κ3) is 2.85. The fourth-order valence-electron chi connectivity index (χ4n) is 2.36. The van der Waals surface area contributed by atoms with Crippen LogP contribution in [-0.4, -0.2) is 29.2 Å². The Morgan fingerprint density at radius 3 is 2.82 bits per heavy atom. The van der Waals surface area contributed by atoms with Crippen LogP contribution in [0, 0.1) is 0 Å². The second kappa shape index (κ2) is 5.31. The van der Waals surface area contributed by atoms with Gasteiger partial charge in [-0.3, -0.25) is 0 Å². The zero-order chi connectivity index (χ0) is 12.1. The highest BCUT2D eigenvalue weighted by Gasteiger charge is 2.31. The molecule has 1 heterocycles. The van der Waals surface area contributed by atoms with Gasteiger partial charge in [0, 0.05) is 18.8 Å². The molecule has 0 radical (unpaired) electrons. The predicted octanol–water partition coefficient (Wildman–Crippen LogP) is 1.56. The zero-order valence-corrected chi connectivity index (χ0v) is 10.3. The van der Waals surface area contributed by atoms with Crippen molar-refractivity contribution in [3.63, 3.8) is 0 Å². The standard InChI is InChI=1S/C12H20N4O/c1-17-10-5-8-14-11(15-10)16-12(9-13)6-3-2-4-7-12/h5,8H,2-4,6-7,9,13H2,1H3,(H,14,15,16). The monoisotopic (exact) mass is 236 g/mol. The van der Waals surface area contributed by atoms with Crippen LogP contribution in [0.5, 0.6) is 5.88 Å². The van der Waals surface area contributed by atoms with Gasteiger partial charge in [0.15, 0.2) is 0 Å². The molecule has 0 saturated heterocycles. The smallest absolute Gasteiger partial charge is 0.226 e. The Hall–Kier alpha value is -1.36. The van der Waals surface area contributed by atoms with Crippen LogP contribution >= 0.6 is 0 Å². The summed E-state index contributed by atoms with van der Waals surface area (Å²) in [4.78, 5) is 8.49. The minimum atomic E-state index is -0.0371. The lowest BCUT2D eigenvalue weighted by Crippen LogP contribution is -2.47. The largest absolute Gasteiger partial charge is 0.481 e. The van der Waals surface area contributed by atoms with Crippen molar-refractivity contribution in [1.29, 1.82) is 0 Å². The quantitative estimate of drug-likeness (QED) is 0.830. The van der Waals surface area contributed by atoms with E-state index in [1.54, 1.807) is 19.4 Å². The second-order valence-corrected chi connectivity index (χ2v) is 4.59. The summed E-state index contributed by atoms with van der Waals surface area (Å²) >= 11 is 0. The number of hydrogen-bond donors (Lipinski definition) is 2. The maximum Gasteiger partial charge on any atom is 0.226 e. The minimum absolute atomic E-state index is 0.0371. The Bertz CT molecular complexity index is 363. The fourth-order valence-corrected chi connectivity index (χ4v) is 2.36. The first kappa shape index (κ1) is 12.1. The first-order chi connectivity index (χ1) is 8.28. The molecule has 1 saturated carbocycles. The summed E-state index contributed by atoms with van der Waals surface area (Å²) in [6, 6.07) is 1.74. The van der Waals surface area contributed by atoms with E-state index in [1.165, 1.54) is 19.3 Å². The molecule has 5 nitrogen and oxygen atoms in total. The Labute approximate surface area is 102 Å². The fraction of sp³-hybridized carbons (Fsp3) is 0.667. The van der Waals surface area contributed by atoms with Gasteiger partial charge in [0.25, 0.3) is 0 Å². The highest BCUT2D eigenvalue weighted by atomic mass is 16.5. The van der Waals surface area contributed by atoms with Gasteiger partial charge >= 0.3 is 0 Å². The molecule has 94 valence electrons.